The summed E-state index contributed by atoms with van der Waals surface area (Å²) < 4.78 is 5.81. The van der Waals surface area contributed by atoms with Crippen molar-refractivity contribution >= 4 is 11.7 Å². The summed E-state index contributed by atoms with van der Waals surface area (Å²) in [7, 11) is 1.75. The zero-order valence-corrected chi connectivity index (χ0v) is 18.5. The second kappa shape index (κ2) is 12.1. The summed E-state index contributed by atoms with van der Waals surface area (Å²) in [6.07, 6.45) is 10.1. The summed E-state index contributed by atoms with van der Waals surface area (Å²) in [4.78, 5) is 17.0. The van der Waals surface area contributed by atoms with E-state index in [-0.39, 0.29) is 18.1 Å². The van der Waals surface area contributed by atoms with Crippen molar-refractivity contribution in [2.75, 3.05) is 19.0 Å². The maximum atomic E-state index is 12.5. The Kier molecular flexibility index (Phi) is 9.84. The van der Waals surface area contributed by atoms with E-state index in [1.165, 1.54) is 38.5 Å². The third-order valence-corrected chi connectivity index (χ3v) is 5.59. The van der Waals surface area contributed by atoms with Crippen LogP contribution < -0.4 is 21.7 Å². The molecule has 3 unspecified atom stereocenters. The van der Waals surface area contributed by atoms with E-state index in [0.29, 0.717) is 24.0 Å². The zero-order valence-electron chi connectivity index (χ0n) is 18.5. The molecule has 1 saturated carbocycles. The number of aromatic nitrogens is 1. The van der Waals surface area contributed by atoms with Gasteiger partial charge >= 0.3 is 0 Å². The molecule has 0 spiro atoms. The summed E-state index contributed by atoms with van der Waals surface area (Å²) in [5.41, 5.74) is 7.15. The van der Waals surface area contributed by atoms with Crippen molar-refractivity contribution in [2.24, 2.45) is 5.73 Å². The second-order valence-electron chi connectivity index (χ2n) is 8.20. The molecule has 2 rings (SSSR count). The standard InChI is InChI=1S/C22H39N5O2/c1-5-19(27-17-10-8-6-7-9-11-17)20(29-4)14-25-21-18(12-15(2)13-24-21)22(28)26-16(3)23/h12-13,16-17,19-20,27H,5-11,14,23H2,1-4H3,(H,24,25)(H,26,28). The summed E-state index contributed by atoms with van der Waals surface area (Å²) >= 11 is 0. The molecule has 1 aliphatic rings. The second-order valence-corrected chi connectivity index (χ2v) is 8.20. The number of methoxy groups -OCH3 is 1. The van der Waals surface area contributed by atoms with Gasteiger partial charge in [0.05, 0.1) is 17.8 Å². The number of carbonyl (C=O) groups excluding carboxylic acids is 1. The maximum absolute atomic E-state index is 12.5. The molecule has 0 aliphatic heterocycles. The van der Waals surface area contributed by atoms with Crippen LogP contribution in [0.15, 0.2) is 12.3 Å². The van der Waals surface area contributed by atoms with E-state index >= 15 is 0 Å². The number of nitrogens with two attached hydrogens (primary N) is 1. The normalized spacial score (nSPS) is 18.5. The molecule has 7 heteroatoms. The van der Waals surface area contributed by atoms with E-state index in [2.05, 4.69) is 27.9 Å². The van der Waals surface area contributed by atoms with Gasteiger partial charge in [-0.1, -0.05) is 32.6 Å². The molecular weight excluding hydrogens is 366 g/mol. The number of pyridine rings is 1. The molecule has 1 amide bonds. The highest BCUT2D eigenvalue weighted by Gasteiger charge is 2.24. The molecule has 1 fully saturated rings. The van der Waals surface area contributed by atoms with Gasteiger partial charge in [0.25, 0.3) is 5.91 Å². The van der Waals surface area contributed by atoms with Crippen LogP contribution in [0.4, 0.5) is 5.82 Å². The van der Waals surface area contributed by atoms with E-state index in [9.17, 15) is 4.79 Å². The monoisotopic (exact) mass is 405 g/mol. The number of hydrogen-bond donors (Lipinski definition) is 4. The van der Waals surface area contributed by atoms with Gasteiger partial charge in [-0.3, -0.25) is 4.79 Å². The minimum Gasteiger partial charge on any atom is -0.378 e. The summed E-state index contributed by atoms with van der Waals surface area (Å²) in [5.74, 6) is 0.330. The molecule has 164 valence electrons. The zero-order chi connectivity index (χ0) is 21.2. The number of amides is 1. The van der Waals surface area contributed by atoms with Gasteiger partial charge in [-0.2, -0.15) is 0 Å². The molecule has 7 nitrogen and oxygen atoms in total. The fraction of sp³-hybridized carbons (Fsp3) is 0.727. The first kappa shape index (κ1) is 23.6. The van der Waals surface area contributed by atoms with Crippen molar-refractivity contribution in [3.63, 3.8) is 0 Å². The topological polar surface area (TPSA) is 101 Å². The largest absolute Gasteiger partial charge is 0.378 e. The van der Waals surface area contributed by atoms with Gasteiger partial charge in [0.1, 0.15) is 5.82 Å². The Morgan fingerprint density at radius 3 is 2.59 bits per heavy atom. The average molecular weight is 406 g/mol. The Balaban J connectivity index is 2.04. The van der Waals surface area contributed by atoms with Gasteiger partial charge in [0.15, 0.2) is 0 Å². The molecule has 29 heavy (non-hydrogen) atoms. The van der Waals surface area contributed by atoms with Crippen LogP contribution in [-0.2, 0) is 4.74 Å². The molecule has 1 aromatic heterocycles. The lowest BCUT2D eigenvalue weighted by Crippen LogP contribution is -2.48. The maximum Gasteiger partial charge on any atom is 0.256 e. The highest BCUT2D eigenvalue weighted by molar-refractivity contribution is 5.99. The number of aryl methyl sites for hydroxylation is 1. The molecule has 1 aliphatic carbocycles. The quantitative estimate of drug-likeness (QED) is 0.353. The first-order valence-electron chi connectivity index (χ1n) is 11.0. The lowest BCUT2D eigenvalue weighted by molar-refractivity contribution is 0.0712. The number of rotatable bonds is 10. The Labute approximate surface area is 175 Å². The SMILES string of the molecule is CCC(NC1CCCCCC1)C(CNc1ncc(C)cc1C(=O)NC(C)N)OC. The van der Waals surface area contributed by atoms with Crippen molar-refractivity contribution < 1.29 is 9.53 Å². The number of hydrogen-bond acceptors (Lipinski definition) is 6. The molecule has 5 N–H and O–H groups in total. The lowest BCUT2D eigenvalue weighted by Gasteiger charge is -2.30. The van der Waals surface area contributed by atoms with E-state index in [1.807, 2.05) is 13.0 Å². The molecule has 0 bridgehead atoms. The number of anilines is 1. The van der Waals surface area contributed by atoms with Crippen molar-refractivity contribution in [1.29, 1.82) is 0 Å². The number of nitrogens with one attached hydrogen (secondary N) is 3. The van der Waals surface area contributed by atoms with Crippen LogP contribution in [0.1, 0.15) is 74.7 Å². The molecule has 1 aromatic rings. The minimum atomic E-state index is -0.421. The Bertz CT molecular complexity index is 630. The van der Waals surface area contributed by atoms with Crippen LogP contribution in [0.25, 0.3) is 0 Å². The lowest BCUT2D eigenvalue weighted by atomic mass is 10.0. The Hall–Kier alpha value is -1.70. The molecule has 3 atom stereocenters. The van der Waals surface area contributed by atoms with Gasteiger partial charge in [-0.25, -0.2) is 4.98 Å². The Morgan fingerprint density at radius 2 is 2.00 bits per heavy atom. The average Bonchev–Trinajstić information content (AvgIpc) is 2.96. The fourth-order valence-corrected chi connectivity index (χ4v) is 3.99. The summed E-state index contributed by atoms with van der Waals surface area (Å²) in [6, 6.07) is 2.64. The van der Waals surface area contributed by atoms with E-state index in [4.69, 9.17) is 10.5 Å². The van der Waals surface area contributed by atoms with Crippen LogP contribution in [0.3, 0.4) is 0 Å². The van der Waals surface area contributed by atoms with E-state index < -0.39 is 6.17 Å². The fourth-order valence-electron chi connectivity index (χ4n) is 3.99. The van der Waals surface area contributed by atoms with Gasteiger partial charge in [0, 0.05) is 31.9 Å². The number of carbonyl (C=O) groups is 1. The van der Waals surface area contributed by atoms with Crippen molar-refractivity contribution in [3.8, 4) is 0 Å². The smallest absolute Gasteiger partial charge is 0.256 e. The molecular formula is C22H39N5O2. The predicted octanol–water partition coefficient (Wildman–Crippen LogP) is 2.94. The van der Waals surface area contributed by atoms with Gasteiger partial charge in [-0.15, -0.1) is 0 Å². The van der Waals surface area contributed by atoms with E-state index in [1.54, 1.807) is 20.2 Å². The van der Waals surface area contributed by atoms with Crippen LogP contribution in [0.5, 0.6) is 0 Å². The van der Waals surface area contributed by atoms with Crippen LogP contribution in [0.2, 0.25) is 0 Å². The van der Waals surface area contributed by atoms with E-state index in [0.717, 1.165) is 12.0 Å². The summed E-state index contributed by atoms with van der Waals surface area (Å²) in [6.45, 7) is 6.41. The van der Waals surface area contributed by atoms with Gasteiger partial charge in [0.2, 0.25) is 0 Å². The van der Waals surface area contributed by atoms with Crippen LogP contribution >= 0.6 is 0 Å². The number of nitrogens with zero attached hydrogens (tertiary/aromatic N) is 1. The van der Waals surface area contributed by atoms with Crippen molar-refractivity contribution in [3.05, 3.63) is 23.4 Å². The van der Waals surface area contributed by atoms with Crippen molar-refractivity contribution in [2.45, 2.75) is 90.1 Å². The van der Waals surface area contributed by atoms with Gasteiger partial charge in [-0.05, 0) is 44.7 Å². The highest BCUT2D eigenvalue weighted by Crippen LogP contribution is 2.20. The first-order valence-corrected chi connectivity index (χ1v) is 11.0. The molecule has 0 saturated heterocycles. The minimum absolute atomic E-state index is 0.0179. The summed E-state index contributed by atoms with van der Waals surface area (Å²) in [5, 5.41) is 9.89. The molecule has 0 aromatic carbocycles. The molecule has 1 heterocycles. The third-order valence-electron chi connectivity index (χ3n) is 5.59. The predicted molar refractivity (Wildman–Crippen MR) is 118 cm³/mol. The van der Waals surface area contributed by atoms with Gasteiger partial charge < -0.3 is 26.4 Å². The van der Waals surface area contributed by atoms with Crippen LogP contribution in [-0.4, -0.2) is 48.9 Å². The Morgan fingerprint density at radius 1 is 1.31 bits per heavy atom. The number of ether oxygens (including phenoxy) is 1. The first-order chi connectivity index (χ1) is 13.9. The van der Waals surface area contributed by atoms with Crippen molar-refractivity contribution in [1.82, 2.24) is 15.6 Å². The highest BCUT2D eigenvalue weighted by atomic mass is 16.5. The van der Waals surface area contributed by atoms with Crippen LogP contribution in [0, 0.1) is 6.92 Å². The molecule has 0 radical (unpaired) electrons. The third kappa shape index (κ3) is 7.57.